The topological polar surface area (TPSA) is 24.5 Å². The monoisotopic (exact) mass is 270 g/mol. The zero-order valence-corrected chi connectivity index (χ0v) is 12.6. The Morgan fingerprint density at radius 2 is 2.17 bits per heavy atom. The van der Waals surface area contributed by atoms with Gasteiger partial charge in [-0.2, -0.15) is 11.3 Å². The second-order valence-corrected chi connectivity index (χ2v) is 5.63. The van der Waals surface area contributed by atoms with Crippen LogP contribution in [-0.2, 0) is 11.2 Å². The average Bonchev–Trinajstić information content (AvgIpc) is 2.81. The van der Waals surface area contributed by atoms with Crippen LogP contribution in [0.25, 0.3) is 0 Å². The van der Waals surface area contributed by atoms with Crippen molar-refractivity contribution in [1.82, 2.24) is 10.2 Å². The van der Waals surface area contributed by atoms with Crippen molar-refractivity contribution >= 4 is 11.3 Å². The Morgan fingerprint density at radius 1 is 1.33 bits per heavy atom. The SMILES string of the molecule is CC(C)OCCN(C)CCNCCc1ccsc1. The highest BCUT2D eigenvalue weighted by Gasteiger charge is 1.99. The Bertz CT molecular complexity index is 288. The Balaban J connectivity index is 1.90. The fourth-order valence-corrected chi connectivity index (χ4v) is 2.32. The minimum Gasteiger partial charge on any atom is -0.377 e. The molecule has 0 aliphatic carbocycles. The minimum absolute atomic E-state index is 0.335. The highest BCUT2D eigenvalue weighted by Crippen LogP contribution is 2.05. The van der Waals surface area contributed by atoms with Crippen molar-refractivity contribution in [3.8, 4) is 0 Å². The van der Waals surface area contributed by atoms with Crippen molar-refractivity contribution in [3.05, 3.63) is 22.4 Å². The molecule has 0 saturated heterocycles. The number of ether oxygens (including phenoxy) is 1. The van der Waals surface area contributed by atoms with Gasteiger partial charge in [-0.15, -0.1) is 0 Å². The molecule has 0 saturated carbocycles. The summed E-state index contributed by atoms with van der Waals surface area (Å²) in [5.74, 6) is 0. The predicted molar refractivity (Wildman–Crippen MR) is 79.5 cm³/mol. The molecule has 104 valence electrons. The molecular formula is C14H26N2OS. The fraction of sp³-hybridized carbons (Fsp3) is 0.714. The van der Waals surface area contributed by atoms with Gasteiger partial charge in [0, 0.05) is 19.6 Å². The van der Waals surface area contributed by atoms with Crippen molar-refractivity contribution in [2.75, 3.05) is 39.8 Å². The van der Waals surface area contributed by atoms with Crippen molar-refractivity contribution in [2.24, 2.45) is 0 Å². The van der Waals surface area contributed by atoms with E-state index >= 15 is 0 Å². The van der Waals surface area contributed by atoms with Crippen LogP contribution >= 0.6 is 11.3 Å². The Hall–Kier alpha value is -0.420. The van der Waals surface area contributed by atoms with Gasteiger partial charge in [0.1, 0.15) is 0 Å². The van der Waals surface area contributed by atoms with Gasteiger partial charge in [0.25, 0.3) is 0 Å². The van der Waals surface area contributed by atoms with Gasteiger partial charge in [0.15, 0.2) is 0 Å². The van der Waals surface area contributed by atoms with Crippen molar-refractivity contribution in [2.45, 2.75) is 26.4 Å². The summed E-state index contributed by atoms with van der Waals surface area (Å²) in [5, 5.41) is 7.83. The Kier molecular flexibility index (Phi) is 8.25. The van der Waals surface area contributed by atoms with Crippen molar-refractivity contribution in [1.29, 1.82) is 0 Å². The lowest BCUT2D eigenvalue weighted by molar-refractivity contribution is 0.0640. The lowest BCUT2D eigenvalue weighted by Gasteiger charge is -2.17. The molecule has 4 heteroatoms. The smallest absolute Gasteiger partial charge is 0.0596 e. The first-order chi connectivity index (χ1) is 8.68. The lowest BCUT2D eigenvalue weighted by Crippen LogP contribution is -2.32. The van der Waals surface area contributed by atoms with E-state index in [1.807, 2.05) is 0 Å². The van der Waals surface area contributed by atoms with Crippen LogP contribution in [0.1, 0.15) is 19.4 Å². The Morgan fingerprint density at radius 3 is 2.83 bits per heavy atom. The summed E-state index contributed by atoms with van der Waals surface area (Å²) in [6, 6.07) is 2.20. The number of rotatable bonds is 10. The number of nitrogens with one attached hydrogen (secondary N) is 1. The molecule has 0 aliphatic rings. The normalized spacial score (nSPS) is 11.6. The molecule has 1 N–H and O–H groups in total. The summed E-state index contributed by atoms with van der Waals surface area (Å²) in [7, 11) is 2.14. The summed E-state index contributed by atoms with van der Waals surface area (Å²) in [4.78, 5) is 2.31. The first kappa shape index (κ1) is 15.6. The van der Waals surface area contributed by atoms with E-state index in [-0.39, 0.29) is 0 Å². The summed E-state index contributed by atoms with van der Waals surface area (Å²) in [6.45, 7) is 9.16. The molecule has 18 heavy (non-hydrogen) atoms. The first-order valence-electron chi connectivity index (χ1n) is 6.70. The molecule has 0 aliphatic heterocycles. The molecule has 1 aromatic heterocycles. The maximum Gasteiger partial charge on any atom is 0.0596 e. The maximum atomic E-state index is 5.53. The summed E-state index contributed by atoms with van der Waals surface area (Å²) < 4.78 is 5.53. The average molecular weight is 270 g/mol. The molecule has 3 nitrogen and oxygen atoms in total. The summed E-state index contributed by atoms with van der Waals surface area (Å²) >= 11 is 1.77. The quantitative estimate of drug-likeness (QED) is 0.660. The third-order valence-electron chi connectivity index (χ3n) is 2.77. The van der Waals surface area contributed by atoms with E-state index in [0.717, 1.165) is 39.2 Å². The molecule has 1 heterocycles. The zero-order chi connectivity index (χ0) is 13.2. The summed E-state index contributed by atoms with van der Waals surface area (Å²) in [6.07, 6.45) is 1.46. The van der Waals surface area contributed by atoms with E-state index < -0.39 is 0 Å². The molecule has 0 atom stereocenters. The maximum absolute atomic E-state index is 5.53. The van der Waals surface area contributed by atoms with E-state index in [9.17, 15) is 0 Å². The molecule has 0 spiro atoms. The van der Waals surface area contributed by atoms with Gasteiger partial charge in [0.2, 0.25) is 0 Å². The van der Waals surface area contributed by atoms with Gasteiger partial charge in [-0.05, 0) is 56.3 Å². The van der Waals surface area contributed by atoms with E-state index in [0.29, 0.717) is 6.10 Å². The third kappa shape index (κ3) is 7.82. The number of nitrogens with zero attached hydrogens (tertiary/aromatic N) is 1. The van der Waals surface area contributed by atoms with E-state index in [2.05, 4.69) is 47.9 Å². The first-order valence-corrected chi connectivity index (χ1v) is 7.64. The van der Waals surface area contributed by atoms with Gasteiger partial charge in [-0.1, -0.05) is 0 Å². The molecule has 0 fully saturated rings. The molecule has 0 aromatic carbocycles. The van der Waals surface area contributed by atoms with Crippen molar-refractivity contribution < 1.29 is 4.74 Å². The minimum atomic E-state index is 0.335. The van der Waals surface area contributed by atoms with E-state index in [4.69, 9.17) is 4.74 Å². The van der Waals surface area contributed by atoms with Crippen LogP contribution in [0.4, 0.5) is 0 Å². The summed E-state index contributed by atoms with van der Waals surface area (Å²) in [5.41, 5.74) is 1.44. The highest BCUT2D eigenvalue weighted by atomic mass is 32.1. The fourth-order valence-electron chi connectivity index (χ4n) is 1.62. The molecular weight excluding hydrogens is 244 g/mol. The van der Waals surface area contributed by atoms with Gasteiger partial charge in [-0.3, -0.25) is 0 Å². The van der Waals surface area contributed by atoms with Crippen LogP contribution in [0, 0.1) is 0 Å². The van der Waals surface area contributed by atoms with Crippen LogP contribution in [0.5, 0.6) is 0 Å². The zero-order valence-electron chi connectivity index (χ0n) is 11.8. The van der Waals surface area contributed by atoms with Crippen LogP contribution < -0.4 is 5.32 Å². The van der Waals surface area contributed by atoms with Gasteiger partial charge >= 0.3 is 0 Å². The number of likely N-dealkylation sites (N-methyl/N-ethyl adjacent to an activating group) is 1. The van der Waals surface area contributed by atoms with E-state index in [1.165, 1.54) is 5.56 Å². The standard InChI is InChI=1S/C14H26N2OS/c1-13(2)17-10-9-16(3)8-7-15-6-4-14-5-11-18-12-14/h5,11-13,15H,4,6-10H2,1-3H3. The van der Waals surface area contributed by atoms with Crippen LogP contribution in [0.15, 0.2) is 16.8 Å². The van der Waals surface area contributed by atoms with E-state index in [1.54, 1.807) is 11.3 Å². The van der Waals surface area contributed by atoms with Gasteiger partial charge in [-0.25, -0.2) is 0 Å². The molecule has 1 aromatic rings. The lowest BCUT2D eigenvalue weighted by atomic mass is 10.2. The molecule has 0 bridgehead atoms. The van der Waals surface area contributed by atoms with Crippen LogP contribution in [-0.4, -0.2) is 50.8 Å². The number of hydrogen-bond donors (Lipinski definition) is 1. The molecule has 0 radical (unpaired) electrons. The number of thiophene rings is 1. The molecule has 0 unspecified atom stereocenters. The predicted octanol–water partition coefficient (Wildman–Crippen LogP) is 2.24. The second kappa shape index (κ2) is 9.50. The highest BCUT2D eigenvalue weighted by molar-refractivity contribution is 7.07. The van der Waals surface area contributed by atoms with Crippen LogP contribution in [0.2, 0.25) is 0 Å². The molecule has 0 amide bonds. The van der Waals surface area contributed by atoms with Gasteiger partial charge < -0.3 is 15.0 Å². The largest absolute Gasteiger partial charge is 0.377 e. The molecule has 1 rings (SSSR count). The van der Waals surface area contributed by atoms with Crippen molar-refractivity contribution in [3.63, 3.8) is 0 Å². The Labute approximate surface area is 115 Å². The number of hydrogen-bond acceptors (Lipinski definition) is 4. The van der Waals surface area contributed by atoms with Crippen LogP contribution in [0.3, 0.4) is 0 Å². The van der Waals surface area contributed by atoms with Gasteiger partial charge in [0.05, 0.1) is 12.7 Å². The third-order valence-corrected chi connectivity index (χ3v) is 3.50. The second-order valence-electron chi connectivity index (χ2n) is 4.85.